The van der Waals surface area contributed by atoms with Gasteiger partial charge in [0.25, 0.3) is 5.92 Å². The van der Waals surface area contributed by atoms with Gasteiger partial charge in [0.1, 0.15) is 0 Å². The van der Waals surface area contributed by atoms with Crippen molar-refractivity contribution in [2.75, 3.05) is 26.2 Å². The number of carbonyl (C=O) groups excluding carboxylic acids is 1. The maximum atomic E-state index is 14.5. The third-order valence-corrected chi connectivity index (χ3v) is 5.89. The molecule has 6 heteroatoms. The Morgan fingerprint density at radius 3 is 2.73 bits per heavy atom. The van der Waals surface area contributed by atoms with Crippen LogP contribution in [0, 0.1) is 22.7 Å². The summed E-state index contributed by atoms with van der Waals surface area (Å²) in [6.07, 6.45) is 2.44. The van der Waals surface area contributed by atoms with Crippen molar-refractivity contribution in [3.8, 4) is 6.07 Å². The van der Waals surface area contributed by atoms with Crippen LogP contribution in [-0.2, 0) is 11.3 Å². The number of benzene rings is 1. The molecule has 2 aliphatic heterocycles. The van der Waals surface area contributed by atoms with Crippen molar-refractivity contribution >= 4 is 5.91 Å². The average Bonchev–Trinajstić information content (AvgIpc) is 3.36. The number of likely N-dealkylation sites (tertiary alicyclic amines) is 2. The predicted molar refractivity (Wildman–Crippen MR) is 92.4 cm³/mol. The van der Waals surface area contributed by atoms with Gasteiger partial charge in [-0.1, -0.05) is 18.2 Å². The molecule has 3 aliphatic rings. The molecule has 1 aliphatic carbocycles. The fourth-order valence-electron chi connectivity index (χ4n) is 4.53. The van der Waals surface area contributed by atoms with E-state index in [2.05, 4.69) is 6.07 Å². The van der Waals surface area contributed by atoms with Crippen LogP contribution in [0.2, 0.25) is 0 Å². The minimum Gasteiger partial charge on any atom is -0.342 e. The molecule has 4 rings (SSSR count). The second kappa shape index (κ2) is 6.31. The van der Waals surface area contributed by atoms with Gasteiger partial charge >= 0.3 is 0 Å². The highest BCUT2D eigenvalue weighted by atomic mass is 19.3. The van der Waals surface area contributed by atoms with Gasteiger partial charge in [-0.2, -0.15) is 5.26 Å². The van der Waals surface area contributed by atoms with Crippen molar-refractivity contribution < 1.29 is 13.6 Å². The van der Waals surface area contributed by atoms with Crippen molar-refractivity contribution in [3.63, 3.8) is 0 Å². The number of nitriles is 1. The minimum atomic E-state index is -2.88. The van der Waals surface area contributed by atoms with Crippen molar-refractivity contribution in [1.82, 2.24) is 9.80 Å². The summed E-state index contributed by atoms with van der Waals surface area (Å²) in [7, 11) is 0. The summed E-state index contributed by atoms with van der Waals surface area (Å²) in [6, 6.07) is 9.20. The van der Waals surface area contributed by atoms with Gasteiger partial charge in [-0.3, -0.25) is 9.69 Å². The molecule has 2 heterocycles. The molecule has 4 nitrogen and oxygen atoms in total. The molecule has 1 aromatic rings. The van der Waals surface area contributed by atoms with E-state index < -0.39 is 11.3 Å². The maximum absolute atomic E-state index is 14.5. The molecule has 1 amide bonds. The molecule has 3 fully saturated rings. The first-order valence-corrected chi connectivity index (χ1v) is 9.28. The fraction of sp³-hybridized carbons (Fsp3) is 0.600. The van der Waals surface area contributed by atoms with E-state index in [4.69, 9.17) is 0 Å². The number of piperidine rings is 1. The number of hydrogen-bond donors (Lipinski definition) is 0. The Morgan fingerprint density at radius 1 is 1.23 bits per heavy atom. The lowest BCUT2D eigenvalue weighted by molar-refractivity contribution is -0.155. The molecule has 138 valence electrons. The van der Waals surface area contributed by atoms with Crippen molar-refractivity contribution in [2.45, 2.75) is 38.2 Å². The highest BCUT2D eigenvalue weighted by molar-refractivity contribution is 5.85. The zero-order chi connectivity index (χ0) is 18.4. The number of rotatable bonds is 4. The molecule has 1 spiro atoms. The van der Waals surface area contributed by atoms with Crippen molar-refractivity contribution in [1.29, 1.82) is 5.26 Å². The minimum absolute atomic E-state index is 0.0951. The van der Waals surface area contributed by atoms with Crippen LogP contribution in [0.4, 0.5) is 8.78 Å². The van der Waals surface area contributed by atoms with E-state index in [-0.39, 0.29) is 25.4 Å². The van der Waals surface area contributed by atoms with Gasteiger partial charge in [-0.25, -0.2) is 8.78 Å². The molecule has 2 saturated heterocycles. The summed E-state index contributed by atoms with van der Waals surface area (Å²) in [6.45, 7) is 1.58. The zero-order valence-corrected chi connectivity index (χ0v) is 14.8. The van der Waals surface area contributed by atoms with Gasteiger partial charge in [0.05, 0.1) is 23.6 Å². The number of nitrogens with zero attached hydrogens (tertiary/aromatic N) is 3. The molecule has 1 atom stereocenters. The summed E-state index contributed by atoms with van der Waals surface area (Å²) in [4.78, 5) is 16.4. The molecular weight excluding hydrogens is 336 g/mol. The Morgan fingerprint density at radius 2 is 2.00 bits per heavy atom. The van der Waals surface area contributed by atoms with Crippen LogP contribution in [-0.4, -0.2) is 47.8 Å². The fourth-order valence-corrected chi connectivity index (χ4v) is 4.53. The first-order chi connectivity index (χ1) is 12.4. The molecule has 1 saturated carbocycles. The average molecular weight is 359 g/mol. The van der Waals surface area contributed by atoms with Crippen LogP contribution < -0.4 is 0 Å². The Bertz CT molecular complexity index is 756. The second-order valence-electron chi connectivity index (χ2n) is 8.17. The summed E-state index contributed by atoms with van der Waals surface area (Å²) < 4.78 is 29.1. The van der Waals surface area contributed by atoms with Crippen LogP contribution in [0.5, 0.6) is 0 Å². The quantitative estimate of drug-likeness (QED) is 0.830. The van der Waals surface area contributed by atoms with Gasteiger partial charge in [0.2, 0.25) is 5.91 Å². The van der Waals surface area contributed by atoms with Crippen molar-refractivity contribution in [2.24, 2.45) is 11.3 Å². The molecular formula is C20H23F2N3O. The number of halogens is 2. The van der Waals surface area contributed by atoms with Crippen LogP contribution in [0.1, 0.15) is 36.8 Å². The Balaban J connectivity index is 1.54. The van der Waals surface area contributed by atoms with E-state index >= 15 is 0 Å². The van der Waals surface area contributed by atoms with E-state index in [1.807, 2.05) is 6.07 Å². The standard InChI is InChI=1S/C20H23F2N3O/c21-20(22)12-19(7-8-25(18(19)26)10-15-5-6-15)13-24(14-20)11-17-4-2-1-3-16(17)9-23/h1-4,15H,5-8,10-14H2/t19-/m1/s1. The van der Waals surface area contributed by atoms with Gasteiger partial charge in [-0.05, 0) is 36.8 Å². The summed E-state index contributed by atoms with van der Waals surface area (Å²) >= 11 is 0. The number of hydrogen-bond acceptors (Lipinski definition) is 3. The maximum Gasteiger partial charge on any atom is 0.261 e. The molecule has 1 aromatic carbocycles. The normalized spacial score (nSPS) is 28.5. The third-order valence-electron chi connectivity index (χ3n) is 5.89. The number of alkyl halides is 2. The van der Waals surface area contributed by atoms with E-state index in [9.17, 15) is 18.8 Å². The first-order valence-electron chi connectivity index (χ1n) is 9.28. The Hall–Kier alpha value is -2.00. The Labute approximate surface area is 152 Å². The van der Waals surface area contributed by atoms with Gasteiger partial charge in [0, 0.05) is 32.6 Å². The summed E-state index contributed by atoms with van der Waals surface area (Å²) in [5.41, 5.74) is 0.268. The lowest BCUT2D eigenvalue weighted by atomic mass is 9.76. The third kappa shape index (κ3) is 3.33. The zero-order valence-electron chi connectivity index (χ0n) is 14.8. The van der Waals surface area contributed by atoms with Crippen LogP contribution in [0.15, 0.2) is 24.3 Å². The van der Waals surface area contributed by atoms with E-state index in [0.717, 1.165) is 24.9 Å². The van der Waals surface area contributed by atoms with Crippen LogP contribution in [0.25, 0.3) is 0 Å². The number of carbonyl (C=O) groups is 1. The van der Waals surface area contributed by atoms with Gasteiger partial charge in [-0.15, -0.1) is 0 Å². The monoisotopic (exact) mass is 359 g/mol. The lowest BCUT2D eigenvalue weighted by Gasteiger charge is -2.43. The number of amides is 1. The molecule has 26 heavy (non-hydrogen) atoms. The summed E-state index contributed by atoms with van der Waals surface area (Å²) in [5.74, 6) is -2.41. The van der Waals surface area contributed by atoms with Gasteiger partial charge < -0.3 is 4.90 Å². The topological polar surface area (TPSA) is 47.3 Å². The highest BCUT2D eigenvalue weighted by Gasteiger charge is 2.57. The molecule has 0 bridgehead atoms. The van der Waals surface area contributed by atoms with E-state index in [1.165, 1.54) is 0 Å². The molecule has 0 unspecified atom stereocenters. The van der Waals surface area contributed by atoms with E-state index in [1.54, 1.807) is 28.0 Å². The molecule has 0 N–H and O–H groups in total. The SMILES string of the molecule is N#Cc1ccccc1CN1CC(F)(F)C[C@]2(CCN(CC3CC3)C2=O)C1. The summed E-state index contributed by atoms with van der Waals surface area (Å²) in [5, 5.41) is 9.24. The predicted octanol–water partition coefficient (Wildman–Crippen LogP) is 3.03. The van der Waals surface area contributed by atoms with Crippen LogP contribution >= 0.6 is 0 Å². The second-order valence-corrected chi connectivity index (χ2v) is 8.17. The van der Waals surface area contributed by atoms with Crippen molar-refractivity contribution in [3.05, 3.63) is 35.4 Å². The first kappa shape index (κ1) is 17.4. The molecule has 0 radical (unpaired) electrons. The van der Waals surface area contributed by atoms with E-state index in [0.29, 0.717) is 31.0 Å². The smallest absolute Gasteiger partial charge is 0.261 e. The lowest BCUT2D eigenvalue weighted by Crippen LogP contribution is -2.55. The highest BCUT2D eigenvalue weighted by Crippen LogP contribution is 2.47. The largest absolute Gasteiger partial charge is 0.342 e. The molecule has 0 aromatic heterocycles. The Kier molecular flexibility index (Phi) is 4.23. The van der Waals surface area contributed by atoms with Crippen LogP contribution in [0.3, 0.4) is 0 Å². The van der Waals surface area contributed by atoms with Gasteiger partial charge in [0.15, 0.2) is 0 Å².